The first kappa shape index (κ1) is 16.3. The fourth-order valence-corrected chi connectivity index (χ4v) is 3.00. The van der Waals surface area contributed by atoms with Crippen LogP contribution in [0.15, 0.2) is 42.6 Å². The fourth-order valence-electron chi connectivity index (χ4n) is 3.00. The molecule has 3 rings (SSSR count). The Morgan fingerprint density at radius 3 is 2.62 bits per heavy atom. The molecule has 0 spiro atoms. The molecular weight excluding hydrogens is 300 g/mol. The van der Waals surface area contributed by atoms with Crippen LogP contribution in [0.1, 0.15) is 31.2 Å². The Bertz CT molecular complexity index is 678. The number of nitrogens with two attached hydrogens (primary N) is 1. The van der Waals surface area contributed by atoms with Crippen LogP contribution in [-0.2, 0) is 11.2 Å². The van der Waals surface area contributed by atoms with E-state index in [2.05, 4.69) is 15.2 Å². The maximum Gasteiger partial charge on any atom is 0.224 e. The van der Waals surface area contributed by atoms with Gasteiger partial charge in [-0.25, -0.2) is 4.98 Å². The topological polar surface area (TPSA) is 71.2 Å². The van der Waals surface area contributed by atoms with Gasteiger partial charge < -0.3 is 16.0 Å². The third kappa shape index (κ3) is 4.25. The Labute approximate surface area is 142 Å². The Morgan fingerprint density at radius 1 is 1.12 bits per heavy atom. The zero-order valence-corrected chi connectivity index (χ0v) is 13.9. The number of para-hydroxylation sites is 1. The highest BCUT2D eigenvalue weighted by atomic mass is 16.1. The van der Waals surface area contributed by atoms with E-state index in [0.29, 0.717) is 12.8 Å². The van der Waals surface area contributed by atoms with Crippen LogP contribution in [0, 0.1) is 0 Å². The molecular formula is C19H24N4O. The van der Waals surface area contributed by atoms with E-state index in [0.717, 1.165) is 35.8 Å². The smallest absolute Gasteiger partial charge is 0.224 e. The highest BCUT2D eigenvalue weighted by Gasteiger charge is 2.12. The van der Waals surface area contributed by atoms with Gasteiger partial charge in [-0.15, -0.1) is 0 Å². The lowest BCUT2D eigenvalue weighted by Crippen LogP contribution is -2.30. The second kappa shape index (κ2) is 7.81. The molecule has 1 amide bonds. The number of carbonyl (C=O) groups excluding carboxylic acids is 1. The van der Waals surface area contributed by atoms with E-state index in [1.54, 1.807) is 6.20 Å². The van der Waals surface area contributed by atoms with Crippen LogP contribution < -0.4 is 16.0 Å². The lowest BCUT2D eigenvalue weighted by atomic mass is 10.1. The zero-order valence-electron chi connectivity index (χ0n) is 13.9. The van der Waals surface area contributed by atoms with Crippen molar-refractivity contribution in [1.82, 2.24) is 4.98 Å². The summed E-state index contributed by atoms with van der Waals surface area (Å²) in [5, 5.41) is 2.90. The van der Waals surface area contributed by atoms with E-state index >= 15 is 0 Å². The zero-order chi connectivity index (χ0) is 16.8. The number of hydrogen-bond acceptors (Lipinski definition) is 4. The summed E-state index contributed by atoms with van der Waals surface area (Å²) in [5.74, 6) is 0.968. The molecule has 24 heavy (non-hydrogen) atoms. The van der Waals surface area contributed by atoms with Gasteiger partial charge in [-0.05, 0) is 49.4 Å². The Balaban J connectivity index is 1.52. The minimum atomic E-state index is -0.0224. The van der Waals surface area contributed by atoms with Crippen molar-refractivity contribution in [3.8, 4) is 0 Å². The number of piperidine rings is 1. The molecule has 1 aliphatic rings. The summed E-state index contributed by atoms with van der Waals surface area (Å²) in [4.78, 5) is 18.9. The van der Waals surface area contributed by atoms with Gasteiger partial charge in [0.1, 0.15) is 5.82 Å². The number of amides is 1. The molecule has 2 aromatic rings. The molecule has 0 atom stereocenters. The number of aryl methyl sites for hydroxylation is 1. The number of hydrogen-bond donors (Lipinski definition) is 2. The fraction of sp³-hybridized carbons (Fsp3) is 0.368. The molecule has 0 radical (unpaired) electrons. The molecule has 1 saturated heterocycles. The van der Waals surface area contributed by atoms with Gasteiger partial charge in [0, 0.05) is 25.2 Å². The number of benzene rings is 1. The number of carbonyl (C=O) groups is 1. The van der Waals surface area contributed by atoms with Crippen molar-refractivity contribution >= 4 is 23.1 Å². The minimum Gasteiger partial charge on any atom is -0.399 e. The molecule has 5 heteroatoms. The molecule has 126 valence electrons. The summed E-state index contributed by atoms with van der Waals surface area (Å²) in [6, 6.07) is 11.6. The van der Waals surface area contributed by atoms with Crippen LogP contribution in [0.25, 0.3) is 0 Å². The summed E-state index contributed by atoms with van der Waals surface area (Å²) < 4.78 is 0. The molecule has 1 fully saturated rings. The summed E-state index contributed by atoms with van der Waals surface area (Å²) in [5.41, 5.74) is 8.38. The largest absolute Gasteiger partial charge is 0.399 e. The number of nitrogen functional groups attached to an aromatic ring is 1. The van der Waals surface area contributed by atoms with Gasteiger partial charge in [-0.1, -0.05) is 18.2 Å². The van der Waals surface area contributed by atoms with Crippen molar-refractivity contribution in [3.63, 3.8) is 0 Å². The lowest BCUT2D eigenvalue weighted by Gasteiger charge is -2.27. The number of rotatable bonds is 5. The number of aromatic nitrogens is 1. The quantitative estimate of drug-likeness (QED) is 0.828. The lowest BCUT2D eigenvalue weighted by molar-refractivity contribution is -0.116. The monoisotopic (exact) mass is 324 g/mol. The highest BCUT2D eigenvalue weighted by Crippen LogP contribution is 2.19. The van der Waals surface area contributed by atoms with Crippen molar-refractivity contribution in [2.45, 2.75) is 32.1 Å². The highest BCUT2D eigenvalue weighted by molar-refractivity contribution is 5.90. The van der Waals surface area contributed by atoms with Crippen molar-refractivity contribution < 1.29 is 4.79 Å². The molecule has 1 aliphatic heterocycles. The Kier molecular flexibility index (Phi) is 5.31. The van der Waals surface area contributed by atoms with Crippen LogP contribution in [0.4, 0.5) is 17.2 Å². The Hall–Kier alpha value is -2.56. The minimum absolute atomic E-state index is 0.0224. The molecule has 5 nitrogen and oxygen atoms in total. The molecule has 2 heterocycles. The molecule has 0 aliphatic carbocycles. The van der Waals surface area contributed by atoms with Crippen LogP contribution in [0.3, 0.4) is 0 Å². The molecule has 1 aromatic carbocycles. The third-order valence-electron chi connectivity index (χ3n) is 4.39. The molecule has 0 unspecified atom stereocenters. The normalized spacial score (nSPS) is 14.4. The number of nitrogens with one attached hydrogen (secondary N) is 1. The van der Waals surface area contributed by atoms with Gasteiger partial charge in [0.2, 0.25) is 5.91 Å². The predicted molar refractivity (Wildman–Crippen MR) is 98.1 cm³/mol. The van der Waals surface area contributed by atoms with Gasteiger partial charge in [-0.3, -0.25) is 4.79 Å². The first-order chi connectivity index (χ1) is 11.7. The van der Waals surface area contributed by atoms with Crippen LogP contribution in [-0.4, -0.2) is 24.0 Å². The van der Waals surface area contributed by atoms with E-state index in [1.165, 1.54) is 19.3 Å². The van der Waals surface area contributed by atoms with Gasteiger partial charge in [-0.2, -0.15) is 0 Å². The van der Waals surface area contributed by atoms with E-state index in [-0.39, 0.29) is 5.91 Å². The summed E-state index contributed by atoms with van der Waals surface area (Å²) in [7, 11) is 0. The summed E-state index contributed by atoms with van der Waals surface area (Å²) >= 11 is 0. The first-order valence-electron chi connectivity index (χ1n) is 8.56. The Morgan fingerprint density at radius 2 is 1.92 bits per heavy atom. The molecule has 0 saturated carbocycles. The van der Waals surface area contributed by atoms with E-state index < -0.39 is 0 Å². The van der Waals surface area contributed by atoms with Crippen molar-refractivity contribution in [2.24, 2.45) is 0 Å². The van der Waals surface area contributed by atoms with Gasteiger partial charge >= 0.3 is 0 Å². The van der Waals surface area contributed by atoms with Gasteiger partial charge in [0.25, 0.3) is 0 Å². The second-order valence-electron chi connectivity index (χ2n) is 6.20. The molecule has 1 aromatic heterocycles. The van der Waals surface area contributed by atoms with Crippen molar-refractivity contribution in [2.75, 3.05) is 29.0 Å². The maximum absolute atomic E-state index is 12.1. The number of anilines is 3. The molecule has 3 N–H and O–H groups in total. The number of pyridine rings is 1. The van der Waals surface area contributed by atoms with Crippen LogP contribution >= 0.6 is 0 Å². The average Bonchev–Trinajstić information content (AvgIpc) is 2.62. The maximum atomic E-state index is 12.1. The second-order valence-corrected chi connectivity index (χ2v) is 6.20. The van der Waals surface area contributed by atoms with Gasteiger partial charge in [0.05, 0.1) is 11.9 Å². The first-order valence-corrected chi connectivity index (χ1v) is 8.56. The van der Waals surface area contributed by atoms with Crippen LogP contribution in [0.2, 0.25) is 0 Å². The van der Waals surface area contributed by atoms with Crippen molar-refractivity contribution in [3.05, 3.63) is 48.2 Å². The van der Waals surface area contributed by atoms with Crippen molar-refractivity contribution in [1.29, 1.82) is 0 Å². The van der Waals surface area contributed by atoms with E-state index in [1.807, 2.05) is 36.4 Å². The number of nitrogens with zero attached hydrogens (tertiary/aromatic N) is 2. The van der Waals surface area contributed by atoms with E-state index in [4.69, 9.17) is 5.73 Å². The van der Waals surface area contributed by atoms with Gasteiger partial charge in [0.15, 0.2) is 0 Å². The summed E-state index contributed by atoms with van der Waals surface area (Å²) in [6.45, 7) is 2.13. The predicted octanol–water partition coefficient (Wildman–Crippen LogP) is 3.23. The van der Waals surface area contributed by atoms with Crippen LogP contribution in [0.5, 0.6) is 0 Å². The van der Waals surface area contributed by atoms with E-state index in [9.17, 15) is 4.79 Å². The third-order valence-corrected chi connectivity index (χ3v) is 4.39. The average molecular weight is 324 g/mol. The molecule has 0 bridgehead atoms. The standard InChI is InChI=1S/C19H24N4O/c20-17-7-3-2-6-15(17)8-11-19(24)22-16-9-10-18(21-14-16)23-12-4-1-5-13-23/h2-3,6-7,9-10,14H,1,4-5,8,11-13,20H2,(H,22,24). The summed E-state index contributed by atoms with van der Waals surface area (Å²) in [6.07, 6.45) is 6.53. The SMILES string of the molecule is Nc1ccccc1CCC(=O)Nc1ccc(N2CCCCC2)nc1.